The second-order valence-corrected chi connectivity index (χ2v) is 2.77. The van der Waals surface area contributed by atoms with Crippen LogP contribution < -0.4 is 5.32 Å². The van der Waals surface area contributed by atoms with Gasteiger partial charge in [-0.25, -0.2) is 4.79 Å². The lowest BCUT2D eigenvalue weighted by Crippen LogP contribution is -2.24. The Bertz CT molecular complexity index is 185. The van der Waals surface area contributed by atoms with Gasteiger partial charge in [0.05, 0.1) is 13.2 Å². The number of carbonyl (C=O) groups is 1. The molecule has 1 fully saturated rings. The number of hydrogen-bond donors (Lipinski definition) is 1. The first-order valence-corrected chi connectivity index (χ1v) is 4.47. The van der Waals surface area contributed by atoms with Gasteiger partial charge in [0, 0.05) is 19.0 Å². The minimum absolute atomic E-state index is 0.0541. The van der Waals surface area contributed by atoms with Crippen LogP contribution in [0.5, 0.6) is 0 Å². The molecule has 0 aromatic rings. The highest BCUT2D eigenvalue weighted by atomic mass is 16.5. The molecule has 4 nitrogen and oxygen atoms in total. The Balaban J connectivity index is 2.02. The fraction of sp³-hybridized carbons (Fsp3) is 0.667. The van der Waals surface area contributed by atoms with Crippen molar-refractivity contribution in [2.45, 2.75) is 19.6 Å². The fourth-order valence-electron chi connectivity index (χ4n) is 1.12. The lowest BCUT2D eigenvalue weighted by Gasteiger charge is -2.08. The van der Waals surface area contributed by atoms with E-state index in [0.29, 0.717) is 13.0 Å². The zero-order chi connectivity index (χ0) is 9.52. The highest BCUT2D eigenvalue weighted by Gasteiger charge is 2.13. The van der Waals surface area contributed by atoms with Crippen LogP contribution in [0.15, 0.2) is 12.2 Å². The van der Waals surface area contributed by atoms with Gasteiger partial charge in [0.15, 0.2) is 0 Å². The van der Waals surface area contributed by atoms with E-state index in [9.17, 15) is 4.79 Å². The molecule has 1 unspecified atom stereocenters. The van der Waals surface area contributed by atoms with Crippen molar-refractivity contribution in [2.24, 2.45) is 0 Å². The van der Waals surface area contributed by atoms with E-state index in [1.165, 1.54) is 6.08 Å². The van der Waals surface area contributed by atoms with Crippen molar-refractivity contribution in [3.8, 4) is 0 Å². The number of esters is 1. The predicted molar refractivity (Wildman–Crippen MR) is 48.1 cm³/mol. The summed E-state index contributed by atoms with van der Waals surface area (Å²) >= 11 is 0. The van der Waals surface area contributed by atoms with Gasteiger partial charge in [0.25, 0.3) is 0 Å². The maximum atomic E-state index is 10.8. The number of ether oxygens (including phenoxy) is 2. The Morgan fingerprint density at radius 2 is 2.62 bits per heavy atom. The third-order valence-electron chi connectivity index (χ3n) is 1.72. The van der Waals surface area contributed by atoms with Crippen molar-refractivity contribution in [1.82, 2.24) is 5.32 Å². The number of carbonyl (C=O) groups excluding carboxylic acids is 1. The van der Waals surface area contributed by atoms with E-state index >= 15 is 0 Å². The van der Waals surface area contributed by atoms with E-state index in [-0.39, 0.29) is 12.2 Å². The van der Waals surface area contributed by atoms with Crippen molar-refractivity contribution < 1.29 is 14.3 Å². The van der Waals surface area contributed by atoms with Crippen LogP contribution in [0.2, 0.25) is 0 Å². The van der Waals surface area contributed by atoms with Crippen molar-refractivity contribution in [3.05, 3.63) is 12.2 Å². The largest absolute Gasteiger partial charge is 0.462 e. The number of nitrogens with one attached hydrogen (secondary N) is 1. The summed E-state index contributed by atoms with van der Waals surface area (Å²) in [6, 6.07) is 0. The summed E-state index contributed by atoms with van der Waals surface area (Å²) in [7, 11) is 0. The van der Waals surface area contributed by atoms with Gasteiger partial charge >= 0.3 is 5.97 Å². The molecule has 1 atom stereocenters. The molecule has 1 rings (SSSR count). The Labute approximate surface area is 77.9 Å². The standard InChI is InChI=1S/C9H15NO3/c1-2-3-9(11)13-6-4-8-10-5-7-12-8/h2-3,8,10H,4-7H2,1H3. The average Bonchev–Trinajstić information content (AvgIpc) is 2.57. The van der Waals surface area contributed by atoms with Gasteiger partial charge in [-0.1, -0.05) is 6.08 Å². The first-order valence-electron chi connectivity index (χ1n) is 4.47. The lowest BCUT2D eigenvalue weighted by atomic mass is 10.4. The molecule has 0 bridgehead atoms. The first-order chi connectivity index (χ1) is 6.33. The highest BCUT2D eigenvalue weighted by molar-refractivity contribution is 5.81. The quantitative estimate of drug-likeness (QED) is 0.510. The first kappa shape index (κ1) is 10.2. The molecule has 13 heavy (non-hydrogen) atoms. The van der Waals surface area contributed by atoms with Crippen LogP contribution in [-0.2, 0) is 14.3 Å². The maximum absolute atomic E-state index is 10.8. The smallest absolute Gasteiger partial charge is 0.330 e. The normalized spacial score (nSPS) is 22.4. The maximum Gasteiger partial charge on any atom is 0.330 e. The number of hydrogen-bond acceptors (Lipinski definition) is 4. The molecular formula is C9H15NO3. The summed E-state index contributed by atoms with van der Waals surface area (Å²) < 4.78 is 10.2. The molecule has 0 spiro atoms. The van der Waals surface area contributed by atoms with E-state index in [2.05, 4.69) is 5.32 Å². The third-order valence-corrected chi connectivity index (χ3v) is 1.72. The Hall–Kier alpha value is -0.870. The van der Waals surface area contributed by atoms with E-state index in [1.54, 1.807) is 13.0 Å². The van der Waals surface area contributed by atoms with Gasteiger partial charge in [-0.3, -0.25) is 5.32 Å². The van der Waals surface area contributed by atoms with E-state index in [4.69, 9.17) is 9.47 Å². The van der Waals surface area contributed by atoms with Crippen molar-refractivity contribution >= 4 is 5.97 Å². The fourth-order valence-corrected chi connectivity index (χ4v) is 1.12. The minimum atomic E-state index is -0.291. The molecule has 1 heterocycles. The van der Waals surface area contributed by atoms with Crippen molar-refractivity contribution in [1.29, 1.82) is 0 Å². The molecule has 74 valence electrons. The molecule has 1 aliphatic heterocycles. The van der Waals surface area contributed by atoms with Crippen LogP contribution in [0.25, 0.3) is 0 Å². The minimum Gasteiger partial charge on any atom is -0.462 e. The average molecular weight is 185 g/mol. The highest BCUT2D eigenvalue weighted by Crippen LogP contribution is 2.00. The van der Waals surface area contributed by atoms with Gasteiger partial charge in [-0.05, 0) is 6.92 Å². The second-order valence-electron chi connectivity index (χ2n) is 2.77. The summed E-state index contributed by atoms with van der Waals surface area (Å²) in [5.74, 6) is -0.291. The molecule has 0 aromatic heterocycles. The van der Waals surface area contributed by atoms with Gasteiger partial charge in [0.2, 0.25) is 0 Å². The second kappa shape index (κ2) is 5.72. The summed E-state index contributed by atoms with van der Waals surface area (Å²) in [5, 5.41) is 3.13. The molecule has 4 heteroatoms. The lowest BCUT2D eigenvalue weighted by molar-refractivity contribution is -0.138. The number of rotatable bonds is 4. The third kappa shape index (κ3) is 4.05. The van der Waals surface area contributed by atoms with Crippen LogP contribution in [0.4, 0.5) is 0 Å². The number of allylic oxidation sites excluding steroid dienone is 1. The molecule has 0 aliphatic carbocycles. The zero-order valence-electron chi connectivity index (χ0n) is 7.79. The molecule has 1 N–H and O–H groups in total. The zero-order valence-corrected chi connectivity index (χ0v) is 7.79. The Morgan fingerprint density at radius 3 is 3.23 bits per heavy atom. The van der Waals surface area contributed by atoms with Gasteiger partial charge in [-0.15, -0.1) is 0 Å². The molecule has 0 aromatic carbocycles. The predicted octanol–water partition coefficient (Wildman–Crippen LogP) is 0.442. The van der Waals surface area contributed by atoms with Gasteiger partial charge < -0.3 is 9.47 Å². The Kier molecular flexibility index (Phi) is 4.49. The topological polar surface area (TPSA) is 47.6 Å². The molecule has 0 radical (unpaired) electrons. The molecule has 0 amide bonds. The molecular weight excluding hydrogens is 170 g/mol. The van der Waals surface area contributed by atoms with Crippen LogP contribution in [-0.4, -0.2) is 32.0 Å². The summed E-state index contributed by atoms with van der Waals surface area (Å²) in [6.07, 6.45) is 3.83. The Morgan fingerprint density at radius 1 is 1.77 bits per heavy atom. The monoisotopic (exact) mass is 185 g/mol. The van der Waals surface area contributed by atoms with Crippen LogP contribution in [0, 0.1) is 0 Å². The summed E-state index contributed by atoms with van der Waals surface area (Å²) in [4.78, 5) is 10.8. The van der Waals surface area contributed by atoms with E-state index in [1.807, 2.05) is 0 Å². The van der Waals surface area contributed by atoms with Gasteiger partial charge in [0.1, 0.15) is 6.23 Å². The van der Waals surface area contributed by atoms with Crippen molar-refractivity contribution in [3.63, 3.8) is 0 Å². The van der Waals surface area contributed by atoms with Gasteiger partial charge in [-0.2, -0.15) is 0 Å². The molecule has 0 saturated carbocycles. The van der Waals surface area contributed by atoms with Crippen LogP contribution in [0.3, 0.4) is 0 Å². The molecule has 1 saturated heterocycles. The van der Waals surface area contributed by atoms with E-state index in [0.717, 1.165) is 13.2 Å². The van der Waals surface area contributed by atoms with Crippen molar-refractivity contribution in [2.75, 3.05) is 19.8 Å². The SMILES string of the molecule is CC=CC(=O)OCCC1NCCO1. The van der Waals surface area contributed by atoms with Crippen LogP contribution >= 0.6 is 0 Å². The summed E-state index contributed by atoms with van der Waals surface area (Å²) in [6.45, 7) is 3.81. The van der Waals surface area contributed by atoms with Crippen LogP contribution in [0.1, 0.15) is 13.3 Å². The summed E-state index contributed by atoms with van der Waals surface area (Å²) in [5.41, 5.74) is 0. The molecule has 1 aliphatic rings. The van der Waals surface area contributed by atoms with E-state index < -0.39 is 0 Å².